The minimum Gasteiger partial charge on any atom is -0.476 e. The second-order valence-corrected chi connectivity index (χ2v) is 6.89. The van der Waals surface area contributed by atoms with Gasteiger partial charge in [0, 0.05) is 25.5 Å². The van der Waals surface area contributed by atoms with E-state index in [2.05, 4.69) is 20.8 Å². The van der Waals surface area contributed by atoms with Crippen LogP contribution in [0.2, 0.25) is 0 Å². The van der Waals surface area contributed by atoms with Crippen LogP contribution in [-0.2, 0) is 17.8 Å². The van der Waals surface area contributed by atoms with Crippen LogP contribution in [0.1, 0.15) is 46.4 Å². The van der Waals surface area contributed by atoms with Crippen LogP contribution >= 0.6 is 0 Å². The lowest BCUT2D eigenvalue weighted by molar-refractivity contribution is -0.119. The Balaban J connectivity index is 1.67. The molecule has 1 atom stereocenters. The Morgan fingerprint density at radius 2 is 1.87 bits per heavy atom. The topological polar surface area (TPSA) is 131 Å². The van der Waals surface area contributed by atoms with Crippen molar-refractivity contribution in [2.75, 3.05) is 11.9 Å². The molecule has 3 aromatic rings. The van der Waals surface area contributed by atoms with E-state index in [9.17, 15) is 14.4 Å². The number of amides is 2. The van der Waals surface area contributed by atoms with Crippen LogP contribution in [-0.4, -0.2) is 49.0 Å². The summed E-state index contributed by atoms with van der Waals surface area (Å²) in [6.45, 7) is 4.40. The second kappa shape index (κ2) is 9.70. The summed E-state index contributed by atoms with van der Waals surface area (Å²) >= 11 is 0. The molecule has 0 spiro atoms. The number of carbonyl (C=O) groups is 3. The van der Waals surface area contributed by atoms with Crippen LogP contribution in [0.5, 0.6) is 0 Å². The summed E-state index contributed by atoms with van der Waals surface area (Å²) in [4.78, 5) is 36.3. The average Bonchev–Trinajstić information content (AvgIpc) is 3.41. The van der Waals surface area contributed by atoms with Crippen LogP contribution in [0.15, 0.2) is 48.8 Å². The average molecular weight is 424 g/mol. The number of hydrogen-bond donors (Lipinski definition) is 3. The smallest absolute Gasteiger partial charge is 0.356 e. The molecule has 0 aliphatic heterocycles. The van der Waals surface area contributed by atoms with E-state index in [1.807, 2.05) is 37.3 Å². The molecule has 1 unspecified atom stereocenters. The Hall–Kier alpha value is -3.95. The van der Waals surface area contributed by atoms with Gasteiger partial charge in [0.1, 0.15) is 6.04 Å². The van der Waals surface area contributed by atoms with Crippen molar-refractivity contribution in [2.24, 2.45) is 0 Å². The van der Waals surface area contributed by atoms with E-state index in [0.717, 1.165) is 5.56 Å². The first-order chi connectivity index (χ1) is 14.9. The number of aryl methyl sites for hydroxylation is 1. The number of aromatic carboxylic acids is 1. The highest BCUT2D eigenvalue weighted by atomic mass is 16.4. The monoisotopic (exact) mass is 424 g/mol. The Labute approximate surface area is 178 Å². The number of nitrogens with one attached hydrogen (secondary N) is 2. The van der Waals surface area contributed by atoms with Crippen molar-refractivity contribution < 1.29 is 19.5 Å². The van der Waals surface area contributed by atoms with Crippen LogP contribution in [0.25, 0.3) is 0 Å². The molecule has 3 rings (SSSR count). The molecule has 10 heteroatoms. The normalized spacial score (nSPS) is 11.7. The van der Waals surface area contributed by atoms with Gasteiger partial charge in [-0.3, -0.25) is 19.0 Å². The molecule has 0 radical (unpaired) electrons. The number of hydrogen-bond acceptors (Lipinski definition) is 5. The molecule has 0 fully saturated rings. The van der Waals surface area contributed by atoms with Gasteiger partial charge in [-0.1, -0.05) is 30.3 Å². The molecule has 0 aliphatic carbocycles. The zero-order chi connectivity index (χ0) is 22.4. The number of benzene rings is 1. The molecule has 31 heavy (non-hydrogen) atoms. The first kappa shape index (κ1) is 21.8. The second-order valence-electron chi connectivity index (χ2n) is 6.89. The summed E-state index contributed by atoms with van der Waals surface area (Å²) in [5.41, 5.74) is 1.34. The van der Waals surface area contributed by atoms with E-state index < -0.39 is 23.8 Å². The number of anilines is 1. The summed E-state index contributed by atoms with van der Waals surface area (Å²) in [7, 11) is 0. The van der Waals surface area contributed by atoms with Gasteiger partial charge in [0.2, 0.25) is 5.91 Å². The lowest BCUT2D eigenvalue weighted by Crippen LogP contribution is -2.29. The number of carbonyl (C=O) groups excluding carboxylic acids is 2. The maximum Gasteiger partial charge on any atom is 0.356 e. The Morgan fingerprint density at radius 3 is 2.52 bits per heavy atom. The molecule has 0 bridgehead atoms. The fourth-order valence-corrected chi connectivity index (χ4v) is 2.92. The fraction of sp³-hybridized carbons (Fsp3) is 0.286. The largest absolute Gasteiger partial charge is 0.476 e. The van der Waals surface area contributed by atoms with Crippen LogP contribution in [0, 0.1) is 0 Å². The van der Waals surface area contributed by atoms with Gasteiger partial charge in [-0.05, 0) is 31.9 Å². The van der Waals surface area contributed by atoms with E-state index in [1.54, 1.807) is 17.8 Å². The number of carboxylic acid groups (broad SMARTS) is 1. The van der Waals surface area contributed by atoms with Gasteiger partial charge in [0.25, 0.3) is 5.91 Å². The molecule has 2 amide bonds. The van der Waals surface area contributed by atoms with E-state index in [-0.39, 0.29) is 17.1 Å². The lowest BCUT2D eigenvalue weighted by Gasteiger charge is -2.12. The minimum absolute atomic E-state index is 0.113. The number of rotatable bonds is 9. The molecule has 3 N–H and O–H groups in total. The maximum absolute atomic E-state index is 12.7. The van der Waals surface area contributed by atoms with Crippen LogP contribution in [0.4, 0.5) is 5.69 Å². The molecule has 0 saturated carbocycles. The van der Waals surface area contributed by atoms with Gasteiger partial charge < -0.3 is 15.7 Å². The molecule has 10 nitrogen and oxygen atoms in total. The van der Waals surface area contributed by atoms with Crippen molar-refractivity contribution in [1.82, 2.24) is 24.9 Å². The van der Waals surface area contributed by atoms with Crippen molar-refractivity contribution in [2.45, 2.75) is 32.9 Å². The summed E-state index contributed by atoms with van der Waals surface area (Å²) < 4.78 is 2.81. The quantitative estimate of drug-likeness (QED) is 0.481. The van der Waals surface area contributed by atoms with E-state index in [4.69, 9.17) is 5.11 Å². The highest BCUT2D eigenvalue weighted by Gasteiger charge is 2.22. The van der Waals surface area contributed by atoms with Crippen molar-refractivity contribution in [3.05, 3.63) is 65.7 Å². The van der Waals surface area contributed by atoms with Gasteiger partial charge >= 0.3 is 5.97 Å². The first-order valence-corrected chi connectivity index (χ1v) is 9.88. The molecule has 162 valence electrons. The summed E-state index contributed by atoms with van der Waals surface area (Å²) in [6.07, 6.45) is 3.67. The van der Waals surface area contributed by atoms with E-state index in [1.165, 1.54) is 16.9 Å². The third-order valence-corrected chi connectivity index (χ3v) is 4.70. The standard InChI is InChI=1S/C21H24N6O4/c1-3-26-13-17(23-19(28)14(2)27-12-10-16(24-27)21(30)31)18(25-26)20(29)22-11-9-15-7-5-4-6-8-15/h4-8,10,12-14H,3,9,11H2,1-2H3,(H,22,29)(H,23,28)(H,30,31). The van der Waals surface area contributed by atoms with Crippen molar-refractivity contribution in [3.8, 4) is 0 Å². The van der Waals surface area contributed by atoms with Gasteiger partial charge in [0.15, 0.2) is 11.4 Å². The maximum atomic E-state index is 12.7. The van der Waals surface area contributed by atoms with Gasteiger partial charge in [-0.25, -0.2) is 4.79 Å². The van der Waals surface area contributed by atoms with Crippen LogP contribution < -0.4 is 10.6 Å². The lowest BCUT2D eigenvalue weighted by atomic mass is 10.1. The third-order valence-electron chi connectivity index (χ3n) is 4.70. The SMILES string of the molecule is CCn1cc(NC(=O)C(C)n2ccc(C(=O)O)n2)c(C(=O)NCCc2ccccc2)n1. The fourth-order valence-electron chi connectivity index (χ4n) is 2.92. The number of aromatic nitrogens is 4. The molecule has 0 saturated heterocycles. The molecule has 0 aliphatic rings. The highest BCUT2D eigenvalue weighted by molar-refractivity contribution is 6.03. The molecule has 2 heterocycles. The summed E-state index contributed by atoms with van der Waals surface area (Å²) in [6, 6.07) is 10.3. The molecule has 2 aromatic heterocycles. The van der Waals surface area contributed by atoms with E-state index in [0.29, 0.717) is 19.5 Å². The minimum atomic E-state index is -1.18. The highest BCUT2D eigenvalue weighted by Crippen LogP contribution is 2.17. The van der Waals surface area contributed by atoms with Gasteiger partial charge in [0.05, 0.1) is 5.69 Å². The van der Waals surface area contributed by atoms with Crippen molar-refractivity contribution >= 4 is 23.5 Å². The zero-order valence-corrected chi connectivity index (χ0v) is 17.3. The van der Waals surface area contributed by atoms with Gasteiger partial charge in [-0.2, -0.15) is 10.2 Å². The Kier molecular flexibility index (Phi) is 6.81. The Bertz CT molecular complexity index is 1070. The summed E-state index contributed by atoms with van der Waals surface area (Å²) in [5.74, 6) is -2.02. The number of nitrogens with zero attached hydrogens (tertiary/aromatic N) is 4. The molecule has 1 aromatic carbocycles. The predicted molar refractivity (Wildman–Crippen MR) is 113 cm³/mol. The van der Waals surface area contributed by atoms with Crippen molar-refractivity contribution in [3.63, 3.8) is 0 Å². The first-order valence-electron chi connectivity index (χ1n) is 9.88. The zero-order valence-electron chi connectivity index (χ0n) is 17.3. The van der Waals surface area contributed by atoms with Crippen LogP contribution in [0.3, 0.4) is 0 Å². The van der Waals surface area contributed by atoms with Crippen molar-refractivity contribution in [1.29, 1.82) is 0 Å². The predicted octanol–water partition coefficient (Wildman–Crippen LogP) is 1.97. The Morgan fingerprint density at radius 1 is 1.13 bits per heavy atom. The number of carboxylic acids is 1. The summed E-state index contributed by atoms with van der Waals surface area (Å²) in [5, 5.41) is 22.7. The third kappa shape index (κ3) is 5.35. The molecular formula is C21H24N6O4. The van der Waals surface area contributed by atoms with E-state index >= 15 is 0 Å². The molecular weight excluding hydrogens is 400 g/mol. The van der Waals surface area contributed by atoms with Gasteiger partial charge in [-0.15, -0.1) is 0 Å².